The molecule has 3 heterocycles. The van der Waals surface area contributed by atoms with E-state index < -0.39 is 0 Å². The normalized spacial score (nSPS) is 21.6. The predicted octanol–water partition coefficient (Wildman–Crippen LogP) is 2.16. The number of aromatic nitrogens is 4. The van der Waals surface area contributed by atoms with Crippen molar-refractivity contribution in [3.63, 3.8) is 0 Å². The van der Waals surface area contributed by atoms with Crippen molar-refractivity contribution in [3.05, 3.63) is 35.9 Å². The maximum Gasteiger partial charge on any atom is 0.0534 e. The smallest absolute Gasteiger partial charge is 0.0534 e. The summed E-state index contributed by atoms with van der Waals surface area (Å²) in [6, 6.07) is 2.13. The van der Waals surface area contributed by atoms with Crippen LogP contribution in [0.25, 0.3) is 0 Å². The zero-order valence-electron chi connectivity index (χ0n) is 14.5. The first kappa shape index (κ1) is 15.8. The van der Waals surface area contributed by atoms with Gasteiger partial charge in [0.25, 0.3) is 0 Å². The van der Waals surface area contributed by atoms with Gasteiger partial charge in [-0.3, -0.25) is 14.3 Å². The molecule has 6 heteroatoms. The van der Waals surface area contributed by atoms with Gasteiger partial charge in [-0.15, -0.1) is 0 Å². The van der Waals surface area contributed by atoms with Gasteiger partial charge in [0.05, 0.1) is 18.5 Å². The van der Waals surface area contributed by atoms with Crippen LogP contribution in [0.1, 0.15) is 31.0 Å². The Balaban J connectivity index is 1.41. The first-order chi connectivity index (χ1) is 11.8. The fourth-order valence-electron chi connectivity index (χ4n) is 3.45. The highest BCUT2D eigenvalue weighted by atomic mass is 16.5. The monoisotopic (exact) mass is 329 g/mol. The molecule has 0 spiro atoms. The lowest BCUT2D eigenvalue weighted by Crippen LogP contribution is -2.30. The molecule has 6 nitrogen and oxygen atoms in total. The Hall–Kier alpha value is -1.66. The van der Waals surface area contributed by atoms with Gasteiger partial charge in [-0.05, 0) is 31.7 Å². The van der Waals surface area contributed by atoms with Crippen LogP contribution in [0.4, 0.5) is 0 Å². The van der Waals surface area contributed by atoms with Crippen molar-refractivity contribution in [3.8, 4) is 0 Å². The van der Waals surface area contributed by atoms with Crippen LogP contribution in [0.2, 0.25) is 0 Å². The van der Waals surface area contributed by atoms with Gasteiger partial charge >= 0.3 is 0 Å². The number of aryl methyl sites for hydroxylation is 1. The highest BCUT2D eigenvalue weighted by molar-refractivity contribution is 5.07. The van der Waals surface area contributed by atoms with E-state index in [1.54, 1.807) is 0 Å². The first-order valence-electron chi connectivity index (χ1n) is 9.12. The fraction of sp³-hybridized carbons (Fsp3) is 0.667. The Kier molecular flexibility index (Phi) is 4.67. The summed E-state index contributed by atoms with van der Waals surface area (Å²) < 4.78 is 10.1. The molecule has 24 heavy (non-hydrogen) atoms. The number of rotatable bonds is 7. The molecule has 1 atom stereocenters. The van der Waals surface area contributed by atoms with Crippen LogP contribution in [-0.4, -0.2) is 44.2 Å². The van der Waals surface area contributed by atoms with E-state index in [2.05, 4.69) is 39.0 Å². The van der Waals surface area contributed by atoms with Crippen LogP contribution in [0.3, 0.4) is 0 Å². The molecule has 0 amide bonds. The van der Waals surface area contributed by atoms with Crippen molar-refractivity contribution >= 4 is 0 Å². The molecule has 1 aliphatic carbocycles. The summed E-state index contributed by atoms with van der Waals surface area (Å²) in [5.41, 5.74) is 2.57. The van der Waals surface area contributed by atoms with Gasteiger partial charge in [0.15, 0.2) is 0 Å². The van der Waals surface area contributed by atoms with Gasteiger partial charge in [0, 0.05) is 63.2 Å². The van der Waals surface area contributed by atoms with Crippen LogP contribution in [0.5, 0.6) is 0 Å². The summed E-state index contributed by atoms with van der Waals surface area (Å²) in [5.74, 6) is 1.32. The summed E-state index contributed by atoms with van der Waals surface area (Å²) >= 11 is 0. The van der Waals surface area contributed by atoms with Crippen LogP contribution < -0.4 is 0 Å². The third-order valence-corrected chi connectivity index (χ3v) is 4.96. The third-order valence-electron chi connectivity index (χ3n) is 4.96. The molecule has 4 rings (SSSR count). The maximum atomic E-state index is 5.98. The Morgan fingerprint density at radius 2 is 2.04 bits per heavy atom. The molecule has 1 saturated carbocycles. The second kappa shape index (κ2) is 7.07. The van der Waals surface area contributed by atoms with Crippen molar-refractivity contribution in [2.75, 3.05) is 19.8 Å². The molecule has 1 unspecified atom stereocenters. The number of fused-ring (bicyclic) bond motifs is 1. The number of nitrogens with zero attached hydrogens (tertiary/aromatic N) is 5. The molecule has 2 aromatic rings. The molecule has 0 saturated heterocycles. The van der Waals surface area contributed by atoms with E-state index in [4.69, 9.17) is 4.74 Å². The Bertz CT molecular complexity index is 660. The Labute approximate surface area is 143 Å². The lowest BCUT2D eigenvalue weighted by atomic mass is 10.1. The summed E-state index contributed by atoms with van der Waals surface area (Å²) in [5, 5.41) is 8.90. The lowest BCUT2D eigenvalue weighted by molar-refractivity contribution is 0.0696. The van der Waals surface area contributed by atoms with Gasteiger partial charge < -0.3 is 4.74 Å². The minimum absolute atomic E-state index is 0.492. The number of ether oxygens (including phenoxy) is 1. The van der Waals surface area contributed by atoms with Crippen molar-refractivity contribution in [1.29, 1.82) is 0 Å². The Morgan fingerprint density at radius 3 is 2.83 bits per heavy atom. The molecular formula is C18H27N5O. The van der Waals surface area contributed by atoms with Gasteiger partial charge in [0.2, 0.25) is 0 Å². The predicted molar refractivity (Wildman–Crippen MR) is 91.3 cm³/mol. The fourth-order valence-corrected chi connectivity index (χ4v) is 3.45. The quantitative estimate of drug-likeness (QED) is 0.781. The van der Waals surface area contributed by atoms with Crippen molar-refractivity contribution in [2.45, 2.75) is 45.9 Å². The standard InChI is InChI=1S/C18H27N5O/c1-2-22-10-16(7-20-22)8-21-9-17(14-24-13-15-3-4-15)11-23-18(12-21)5-6-19-23/h5-7,10,15,17H,2-4,8-9,11-14H2,1H3. The van der Waals surface area contributed by atoms with Gasteiger partial charge in [0.1, 0.15) is 0 Å². The molecule has 130 valence electrons. The average molecular weight is 329 g/mol. The van der Waals surface area contributed by atoms with Crippen LogP contribution >= 0.6 is 0 Å². The summed E-state index contributed by atoms with van der Waals surface area (Å²) in [7, 11) is 0. The van der Waals surface area contributed by atoms with Gasteiger partial charge in [-0.2, -0.15) is 10.2 Å². The van der Waals surface area contributed by atoms with E-state index in [-0.39, 0.29) is 0 Å². The van der Waals surface area contributed by atoms with Crippen molar-refractivity contribution in [1.82, 2.24) is 24.5 Å². The number of hydrogen-bond acceptors (Lipinski definition) is 4. The molecule has 1 aliphatic heterocycles. The number of hydrogen-bond donors (Lipinski definition) is 0. The zero-order valence-corrected chi connectivity index (χ0v) is 14.5. The van der Waals surface area contributed by atoms with E-state index in [1.807, 2.05) is 17.1 Å². The minimum atomic E-state index is 0.492. The molecule has 0 N–H and O–H groups in total. The topological polar surface area (TPSA) is 48.1 Å². The SMILES string of the molecule is CCn1cc(CN2Cc3ccnn3CC(COCC3CC3)C2)cn1. The van der Waals surface area contributed by atoms with E-state index in [9.17, 15) is 0 Å². The average Bonchev–Trinajstić information content (AvgIpc) is 3.17. The second-order valence-electron chi connectivity index (χ2n) is 7.23. The lowest BCUT2D eigenvalue weighted by Gasteiger charge is -2.23. The third kappa shape index (κ3) is 3.87. The maximum absolute atomic E-state index is 5.98. The van der Waals surface area contributed by atoms with E-state index in [0.717, 1.165) is 51.9 Å². The largest absolute Gasteiger partial charge is 0.381 e. The van der Waals surface area contributed by atoms with E-state index >= 15 is 0 Å². The highest BCUT2D eigenvalue weighted by Crippen LogP contribution is 2.29. The first-order valence-corrected chi connectivity index (χ1v) is 9.12. The van der Waals surface area contributed by atoms with Crippen molar-refractivity contribution in [2.24, 2.45) is 11.8 Å². The molecule has 2 aromatic heterocycles. The Morgan fingerprint density at radius 1 is 1.17 bits per heavy atom. The summed E-state index contributed by atoms with van der Waals surface area (Å²) in [6.45, 7) is 8.69. The molecule has 2 aliphatic rings. The van der Waals surface area contributed by atoms with Gasteiger partial charge in [-0.1, -0.05) is 0 Å². The van der Waals surface area contributed by atoms with Crippen LogP contribution in [-0.2, 0) is 30.9 Å². The van der Waals surface area contributed by atoms with Gasteiger partial charge in [-0.25, -0.2) is 0 Å². The van der Waals surface area contributed by atoms with Crippen molar-refractivity contribution < 1.29 is 4.74 Å². The second-order valence-corrected chi connectivity index (χ2v) is 7.23. The minimum Gasteiger partial charge on any atom is -0.381 e. The highest BCUT2D eigenvalue weighted by Gasteiger charge is 2.25. The summed E-state index contributed by atoms with van der Waals surface area (Å²) in [4.78, 5) is 2.50. The van der Waals surface area contributed by atoms with Crippen LogP contribution in [0.15, 0.2) is 24.7 Å². The van der Waals surface area contributed by atoms with E-state index in [1.165, 1.54) is 24.1 Å². The molecule has 0 bridgehead atoms. The molecule has 0 radical (unpaired) electrons. The zero-order chi connectivity index (χ0) is 16.4. The van der Waals surface area contributed by atoms with E-state index in [0.29, 0.717) is 5.92 Å². The molecule has 0 aromatic carbocycles. The van der Waals surface area contributed by atoms with Crippen LogP contribution in [0, 0.1) is 11.8 Å². The summed E-state index contributed by atoms with van der Waals surface area (Å²) in [6.07, 6.45) is 8.75. The molecular weight excluding hydrogens is 302 g/mol. The molecule has 1 fully saturated rings.